The third-order valence-electron chi connectivity index (χ3n) is 5.18. The Morgan fingerprint density at radius 1 is 1.03 bits per heavy atom. The zero-order valence-electron chi connectivity index (χ0n) is 18.4. The minimum Gasteiger partial charge on any atom is -0.493 e. The lowest BCUT2D eigenvalue weighted by Gasteiger charge is -2.17. The number of rotatable bonds is 6. The number of methoxy groups -OCH3 is 1. The summed E-state index contributed by atoms with van der Waals surface area (Å²) in [6.45, 7) is 4.47. The van der Waals surface area contributed by atoms with Crippen LogP contribution in [0.2, 0.25) is 0 Å². The van der Waals surface area contributed by atoms with Crippen LogP contribution in [0.15, 0.2) is 65.6 Å². The zero-order valence-corrected chi connectivity index (χ0v) is 22.2. The fraction of sp³-hybridized carbons (Fsp3) is 0.154. The lowest BCUT2D eigenvalue weighted by Crippen LogP contribution is -2.28. The van der Waals surface area contributed by atoms with Crippen molar-refractivity contribution in [3.05, 3.63) is 91.4 Å². The van der Waals surface area contributed by atoms with Crippen LogP contribution >= 0.6 is 46.6 Å². The average molecular weight is 588 g/mol. The molecule has 0 radical (unpaired) electrons. The van der Waals surface area contributed by atoms with Gasteiger partial charge in [-0.2, -0.15) is 0 Å². The van der Waals surface area contributed by atoms with Gasteiger partial charge >= 0.3 is 0 Å². The van der Waals surface area contributed by atoms with Crippen molar-refractivity contribution in [1.82, 2.24) is 0 Å². The van der Waals surface area contributed by atoms with Crippen molar-refractivity contribution < 1.29 is 14.3 Å². The highest BCUT2D eigenvalue weighted by Crippen LogP contribution is 2.38. The number of carbonyl (C=O) groups excluding carboxylic acids is 1. The number of thioether (sulfide) groups is 1. The largest absolute Gasteiger partial charge is 0.493 e. The van der Waals surface area contributed by atoms with Crippen LogP contribution in [0.3, 0.4) is 0 Å². The predicted octanol–water partition coefficient (Wildman–Crippen LogP) is 6.90. The Bertz CT molecular complexity index is 1250. The molecular weight excluding hydrogens is 565 g/mol. The summed E-state index contributed by atoms with van der Waals surface area (Å²) < 4.78 is 13.2. The Morgan fingerprint density at radius 3 is 2.48 bits per heavy atom. The predicted molar refractivity (Wildman–Crippen MR) is 148 cm³/mol. The van der Waals surface area contributed by atoms with Crippen LogP contribution in [0.5, 0.6) is 11.5 Å². The monoisotopic (exact) mass is 587 g/mol. The topological polar surface area (TPSA) is 38.8 Å². The number of carbonyl (C=O) groups is 1. The molecule has 4 nitrogen and oxygen atoms in total. The molecule has 0 saturated carbocycles. The highest BCUT2D eigenvalue weighted by Gasteiger charge is 2.34. The fourth-order valence-corrected chi connectivity index (χ4v) is 5.16. The van der Waals surface area contributed by atoms with E-state index in [9.17, 15) is 4.79 Å². The van der Waals surface area contributed by atoms with Gasteiger partial charge in [0, 0.05) is 3.57 Å². The van der Waals surface area contributed by atoms with E-state index in [-0.39, 0.29) is 5.91 Å². The first kappa shape index (κ1) is 23.8. The molecule has 1 aliphatic rings. The summed E-state index contributed by atoms with van der Waals surface area (Å²) in [6, 6.07) is 19.8. The van der Waals surface area contributed by atoms with E-state index in [1.807, 2.05) is 74.5 Å². The second-order valence-corrected chi connectivity index (χ2v) is 10.6. The molecule has 33 heavy (non-hydrogen) atoms. The molecule has 0 aromatic heterocycles. The van der Waals surface area contributed by atoms with E-state index in [4.69, 9.17) is 21.7 Å². The zero-order chi connectivity index (χ0) is 23.5. The molecule has 0 aliphatic carbocycles. The number of hydrogen-bond donors (Lipinski definition) is 0. The van der Waals surface area contributed by atoms with Crippen LogP contribution in [-0.2, 0) is 11.4 Å². The second kappa shape index (κ2) is 10.3. The average Bonchev–Trinajstić information content (AvgIpc) is 3.06. The quantitative estimate of drug-likeness (QED) is 0.178. The molecule has 1 amide bonds. The van der Waals surface area contributed by atoms with E-state index in [0.717, 1.165) is 27.9 Å². The molecule has 0 bridgehead atoms. The maximum absolute atomic E-state index is 13.2. The Kier molecular flexibility index (Phi) is 7.41. The normalized spacial score (nSPS) is 14.8. The molecule has 1 saturated heterocycles. The van der Waals surface area contributed by atoms with Gasteiger partial charge in [-0.25, -0.2) is 0 Å². The number of ether oxygens (including phenoxy) is 2. The van der Waals surface area contributed by atoms with Crippen LogP contribution in [0.4, 0.5) is 5.69 Å². The number of halogens is 1. The summed E-state index contributed by atoms with van der Waals surface area (Å²) in [5.41, 5.74) is 4.91. The Balaban J connectivity index is 1.54. The van der Waals surface area contributed by atoms with Crippen LogP contribution in [0.1, 0.15) is 22.3 Å². The number of benzene rings is 3. The third kappa shape index (κ3) is 5.42. The molecule has 1 fully saturated rings. The fourth-order valence-electron chi connectivity index (χ4n) is 3.52. The molecule has 4 rings (SSSR count). The van der Waals surface area contributed by atoms with E-state index < -0.39 is 0 Å². The van der Waals surface area contributed by atoms with Crippen LogP contribution in [-0.4, -0.2) is 17.3 Å². The SMILES string of the molecule is COc1cc(/C=C2/SC(=S)N(c3ccc(C)cc3C)C2=O)ccc1OCc1ccc(I)cc1. The van der Waals surface area contributed by atoms with Gasteiger partial charge in [-0.1, -0.05) is 59.9 Å². The molecule has 0 atom stereocenters. The summed E-state index contributed by atoms with van der Waals surface area (Å²) in [5, 5.41) is 0. The number of thiocarbonyl (C=S) groups is 1. The first-order valence-corrected chi connectivity index (χ1v) is 12.6. The van der Waals surface area contributed by atoms with Crippen LogP contribution < -0.4 is 14.4 Å². The van der Waals surface area contributed by atoms with Gasteiger partial charge in [-0.3, -0.25) is 9.69 Å². The summed E-state index contributed by atoms with van der Waals surface area (Å²) in [6.07, 6.45) is 1.84. The third-order valence-corrected chi connectivity index (χ3v) is 7.20. The molecule has 3 aromatic carbocycles. The Labute approximate surface area is 217 Å². The molecule has 1 aliphatic heterocycles. The Hall–Kier alpha value is -2.36. The molecule has 0 spiro atoms. The van der Waals surface area contributed by atoms with Crippen molar-refractivity contribution in [2.45, 2.75) is 20.5 Å². The number of anilines is 1. The van der Waals surface area contributed by atoms with Gasteiger partial charge in [-0.05, 0) is 89.5 Å². The maximum Gasteiger partial charge on any atom is 0.270 e. The van der Waals surface area contributed by atoms with Gasteiger partial charge in [0.25, 0.3) is 5.91 Å². The molecule has 0 N–H and O–H groups in total. The number of nitrogens with zero attached hydrogens (tertiary/aromatic N) is 1. The maximum atomic E-state index is 13.2. The van der Waals surface area contributed by atoms with Gasteiger partial charge in [0.2, 0.25) is 0 Å². The molecule has 168 valence electrons. The first-order chi connectivity index (χ1) is 15.9. The van der Waals surface area contributed by atoms with Gasteiger partial charge in [0.15, 0.2) is 15.8 Å². The smallest absolute Gasteiger partial charge is 0.270 e. The van der Waals surface area contributed by atoms with E-state index in [1.165, 1.54) is 15.3 Å². The van der Waals surface area contributed by atoms with Crippen LogP contribution in [0.25, 0.3) is 6.08 Å². The minimum atomic E-state index is -0.116. The molecule has 3 aromatic rings. The first-order valence-electron chi connectivity index (χ1n) is 10.3. The van der Waals surface area contributed by atoms with Crippen molar-refractivity contribution in [2.24, 2.45) is 0 Å². The van der Waals surface area contributed by atoms with Gasteiger partial charge in [0.05, 0.1) is 17.7 Å². The molecular formula is C26H22INO3S2. The summed E-state index contributed by atoms with van der Waals surface area (Å²) >= 11 is 9.11. The van der Waals surface area contributed by atoms with Crippen LogP contribution in [0, 0.1) is 17.4 Å². The molecule has 7 heteroatoms. The summed E-state index contributed by atoms with van der Waals surface area (Å²) in [7, 11) is 1.61. The number of aryl methyl sites for hydroxylation is 2. The van der Waals surface area contributed by atoms with E-state index in [0.29, 0.717) is 27.3 Å². The lowest BCUT2D eigenvalue weighted by atomic mass is 10.1. The van der Waals surface area contributed by atoms with Gasteiger partial charge in [0.1, 0.15) is 6.61 Å². The summed E-state index contributed by atoms with van der Waals surface area (Å²) in [5.74, 6) is 1.14. The van der Waals surface area contributed by atoms with E-state index >= 15 is 0 Å². The minimum absolute atomic E-state index is 0.116. The summed E-state index contributed by atoms with van der Waals surface area (Å²) in [4.78, 5) is 15.3. The van der Waals surface area contributed by atoms with Crippen molar-refractivity contribution in [2.75, 3.05) is 12.0 Å². The number of hydrogen-bond acceptors (Lipinski definition) is 5. The standard InChI is InChI=1S/C26H22INO3S2/c1-16-4-10-21(17(2)12-16)28-25(29)24(33-26(28)32)14-19-7-11-22(23(13-19)30-3)31-15-18-5-8-20(27)9-6-18/h4-14H,15H2,1-3H3/b24-14+. The number of amides is 1. The highest BCUT2D eigenvalue weighted by molar-refractivity contribution is 14.1. The highest BCUT2D eigenvalue weighted by atomic mass is 127. The molecule has 0 unspecified atom stereocenters. The van der Waals surface area contributed by atoms with Crippen molar-refractivity contribution in [3.8, 4) is 11.5 Å². The van der Waals surface area contributed by atoms with E-state index in [2.05, 4.69) is 28.7 Å². The van der Waals surface area contributed by atoms with E-state index in [1.54, 1.807) is 12.0 Å². The second-order valence-electron chi connectivity index (χ2n) is 7.63. The van der Waals surface area contributed by atoms with Gasteiger partial charge in [-0.15, -0.1) is 0 Å². The Morgan fingerprint density at radius 2 is 1.79 bits per heavy atom. The lowest BCUT2D eigenvalue weighted by molar-refractivity contribution is -0.113. The molecule has 1 heterocycles. The van der Waals surface area contributed by atoms with Gasteiger partial charge < -0.3 is 9.47 Å². The van der Waals surface area contributed by atoms with Crippen molar-refractivity contribution >= 4 is 68.6 Å². The van der Waals surface area contributed by atoms with Crippen molar-refractivity contribution in [1.29, 1.82) is 0 Å². The van der Waals surface area contributed by atoms with Crippen molar-refractivity contribution in [3.63, 3.8) is 0 Å².